The molecular formula is C15H18N4O2. The van der Waals surface area contributed by atoms with Crippen LogP contribution in [0.5, 0.6) is 0 Å². The van der Waals surface area contributed by atoms with Crippen molar-refractivity contribution in [1.82, 2.24) is 10.1 Å². The number of carbonyl (C=O) groups excluding carboxylic acids is 1. The molecule has 0 aromatic carbocycles. The molecule has 0 unspecified atom stereocenters. The van der Waals surface area contributed by atoms with Gasteiger partial charge in [-0.2, -0.15) is 0 Å². The predicted octanol–water partition coefficient (Wildman–Crippen LogP) is 2.62. The molecule has 6 heteroatoms. The van der Waals surface area contributed by atoms with Crippen LogP contribution in [-0.4, -0.2) is 29.1 Å². The molecule has 1 N–H and O–H groups in total. The Bertz CT molecular complexity index is 615. The van der Waals surface area contributed by atoms with Crippen LogP contribution in [0.3, 0.4) is 0 Å². The van der Waals surface area contributed by atoms with Crippen LogP contribution in [0, 0.1) is 6.92 Å². The summed E-state index contributed by atoms with van der Waals surface area (Å²) < 4.78 is 4.93. The molecule has 0 aliphatic carbocycles. The van der Waals surface area contributed by atoms with Gasteiger partial charge in [0.2, 0.25) is 5.76 Å². The SMILES string of the molecule is Cc1cc(C(=O)Nc2ccc(N3CCCCC3)nc2)on1. The number of hydrogen-bond acceptors (Lipinski definition) is 5. The first kappa shape index (κ1) is 13.6. The fraction of sp³-hybridized carbons (Fsp3) is 0.400. The standard InChI is InChI=1S/C15H18N4O2/c1-11-9-13(21-18-11)15(20)17-12-5-6-14(16-10-12)19-7-3-2-4-8-19/h5-6,9-10H,2-4,7-8H2,1H3,(H,17,20). The average Bonchev–Trinajstić information content (AvgIpc) is 2.96. The zero-order valence-electron chi connectivity index (χ0n) is 12.0. The lowest BCUT2D eigenvalue weighted by molar-refractivity contribution is 0.0988. The van der Waals surface area contributed by atoms with Crippen molar-refractivity contribution in [2.45, 2.75) is 26.2 Å². The molecule has 1 aliphatic rings. The highest BCUT2D eigenvalue weighted by atomic mass is 16.5. The van der Waals surface area contributed by atoms with Gasteiger partial charge in [0.05, 0.1) is 17.6 Å². The van der Waals surface area contributed by atoms with E-state index in [4.69, 9.17) is 4.52 Å². The molecule has 1 aliphatic heterocycles. The largest absolute Gasteiger partial charge is 0.357 e. The van der Waals surface area contributed by atoms with Gasteiger partial charge in [-0.25, -0.2) is 4.98 Å². The summed E-state index contributed by atoms with van der Waals surface area (Å²) in [5, 5.41) is 6.44. The van der Waals surface area contributed by atoms with Crippen molar-refractivity contribution in [3.8, 4) is 0 Å². The predicted molar refractivity (Wildman–Crippen MR) is 79.5 cm³/mol. The molecule has 1 fully saturated rings. The number of nitrogens with zero attached hydrogens (tertiary/aromatic N) is 3. The maximum atomic E-state index is 11.9. The highest BCUT2D eigenvalue weighted by Crippen LogP contribution is 2.19. The lowest BCUT2D eigenvalue weighted by atomic mass is 10.1. The summed E-state index contributed by atoms with van der Waals surface area (Å²) in [6.07, 6.45) is 5.39. The monoisotopic (exact) mass is 286 g/mol. The first-order chi connectivity index (χ1) is 10.2. The van der Waals surface area contributed by atoms with Crippen molar-refractivity contribution in [1.29, 1.82) is 0 Å². The molecule has 0 bridgehead atoms. The first-order valence-electron chi connectivity index (χ1n) is 7.18. The second kappa shape index (κ2) is 5.95. The van der Waals surface area contributed by atoms with Gasteiger partial charge in [-0.3, -0.25) is 4.79 Å². The Labute approximate surface area is 123 Å². The van der Waals surface area contributed by atoms with Gasteiger partial charge in [-0.05, 0) is 38.3 Å². The van der Waals surface area contributed by atoms with E-state index in [9.17, 15) is 4.79 Å². The Morgan fingerprint density at radius 3 is 2.71 bits per heavy atom. The fourth-order valence-corrected chi connectivity index (χ4v) is 2.43. The summed E-state index contributed by atoms with van der Waals surface area (Å²) in [5.41, 5.74) is 1.33. The summed E-state index contributed by atoms with van der Waals surface area (Å²) in [4.78, 5) is 18.6. The van der Waals surface area contributed by atoms with E-state index in [1.54, 1.807) is 19.2 Å². The van der Waals surface area contributed by atoms with Crippen LogP contribution in [-0.2, 0) is 0 Å². The van der Waals surface area contributed by atoms with Crippen LogP contribution in [0.2, 0.25) is 0 Å². The van der Waals surface area contributed by atoms with E-state index in [-0.39, 0.29) is 11.7 Å². The van der Waals surface area contributed by atoms with E-state index in [0.29, 0.717) is 11.4 Å². The summed E-state index contributed by atoms with van der Waals surface area (Å²) in [7, 11) is 0. The number of aromatic nitrogens is 2. The molecular weight excluding hydrogens is 268 g/mol. The molecule has 0 radical (unpaired) electrons. The van der Waals surface area contributed by atoms with E-state index < -0.39 is 0 Å². The summed E-state index contributed by atoms with van der Waals surface area (Å²) >= 11 is 0. The number of rotatable bonds is 3. The first-order valence-corrected chi connectivity index (χ1v) is 7.18. The number of pyridine rings is 1. The summed E-state index contributed by atoms with van der Waals surface area (Å²) in [5.74, 6) is 0.846. The lowest BCUT2D eigenvalue weighted by Gasteiger charge is -2.27. The number of hydrogen-bond donors (Lipinski definition) is 1. The highest BCUT2D eigenvalue weighted by Gasteiger charge is 2.14. The highest BCUT2D eigenvalue weighted by molar-refractivity contribution is 6.02. The van der Waals surface area contributed by atoms with Gasteiger partial charge >= 0.3 is 0 Å². The van der Waals surface area contributed by atoms with Crippen molar-refractivity contribution in [2.24, 2.45) is 0 Å². The van der Waals surface area contributed by atoms with Crippen molar-refractivity contribution < 1.29 is 9.32 Å². The van der Waals surface area contributed by atoms with Crippen LogP contribution in [0.25, 0.3) is 0 Å². The van der Waals surface area contributed by atoms with E-state index in [1.807, 2.05) is 12.1 Å². The molecule has 2 aromatic heterocycles. The molecule has 3 rings (SSSR count). The van der Waals surface area contributed by atoms with Crippen LogP contribution >= 0.6 is 0 Å². The normalized spacial score (nSPS) is 15.0. The number of carbonyl (C=O) groups is 1. The van der Waals surface area contributed by atoms with Crippen LogP contribution in [0.15, 0.2) is 28.9 Å². The van der Waals surface area contributed by atoms with Gasteiger partial charge < -0.3 is 14.7 Å². The average molecular weight is 286 g/mol. The molecule has 1 saturated heterocycles. The van der Waals surface area contributed by atoms with Gasteiger partial charge in [-0.1, -0.05) is 5.16 Å². The smallest absolute Gasteiger partial charge is 0.294 e. The van der Waals surface area contributed by atoms with E-state index in [0.717, 1.165) is 18.9 Å². The number of anilines is 2. The molecule has 2 aromatic rings. The minimum atomic E-state index is -0.317. The van der Waals surface area contributed by atoms with Crippen LogP contribution < -0.4 is 10.2 Å². The van der Waals surface area contributed by atoms with Gasteiger partial charge in [0.1, 0.15) is 5.82 Å². The van der Waals surface area contributed by atoms with Crippen molar-refractivity contribution in [3.63, 3.8) is 0 Å². The minimum Gasteiger partial charge on any atom is -0.357 e. The third-order valence-corrected chi connectivity index (χ3v) is 3.54. The Hall–Kier alpha value is -2.37. The van der Waals surface area contributed by atoms with Crippen molar-refractivity contribution in [3.05, 3.63) is 35.9 Å². The second-order valence-electron chi connectivity index (χ2n) is 5.24. The van der Waals surface area contributed by atoms with Gasteiger partial charge in [0.25, 0.3) is 5.91 Å². The topological polar surface area (TPSA) is 71.3 Å². The Kier molecular flexibility index (Phi) is 3.85. The third-order valence-electron chi connectivity index (χ3n) is 3.54. The number of piperidine rings is 1. The number of nitrogens with one attached hydrogen (secondary N) is 1. The van der Waals surface area contributed by atoms with Gasteiger partial charge in [0, 0.05) is 19.2 Å². The van der Waals surface area contributed by atoms with E-state index in [1.165, 1.54) is 19.3 Å². The van der Waals surface area contributed by atoms with Gasteiger partial charge in [0.15, 0.2) is 0 Å². The molecule has 0 atom stereocenters. The fourth-order valence-electron chi connectivity index (χ4n) is 2.43. The Morgan fingerprint density at radius 2 is 2.10 bits per heavy atom. The molecule has 0 spiro atoms. The van der Waals surface area contributed by atoms with Gasteiger partial charge in [-0.15, -0.1) is 0 Å². The number of aryl methyl sites for hydroxylation is 1. The van der Waals surface area contributed by atoms with Crippen molar-refractivity contribution in [2.75, 3.05) is 23.3 Å². The molecule has 110 valence electrons. The Balaban J connectivity index is 1.65. The number of amides is 1. The lowest BCUT2D eigenvalue weighted by Crippen LogP contribution is -2.30. The van der Waals surface area contributed by atoms with E-state index >= 15 is 0 Å². The van der Waals surface area contributed by atoms with E-state index in [2.05, 4.69) is 20.4 Å². The molecule has 6 nitrogen and oxygen atoms in total. The van der Waals surface area contributed by atoms with Crippen molar-refractivity contribution >= 4 is 17.4 Å². The molecule has 3 heterocycles. The van der Waals surface area contributed by atoms with Crippen LogP contribution in [0.4, 0.5) is 11.5 Å². The Morgan fingerprint density at radius 1 is 1.29 bits per heavy atom. The zero-order chi connectivity index (χ0) is 14.7. The maximum absolute atomic E-state index is 11.9. The summed E-state index contributed by atoms with van der Waals surface area (Å²) in [6, 6.07) is 5.40. The molecule has 1 amide bonds. The summed E-state index contributed by atoms with van der Waals surface area (Å²) in [6.45, 7) is 3.88. The second-order valence-corrected chi connectivity index (χ2v) is 5.24. The maximum Gasteiger partial charge on any atom is 0.294 e. The zero-order valence-corrected chi connectivity index (χ0v) is 12.0. The third kappa shape index (κ3) is 3.21. The molecule has 21 heavy (non-hydrogen) atoms. The quantitative estimate of drug-likeness (QED) is 0.939. The minimum absolute atomic E-state index is 0.201. The molecule has 0 saturated carbocycles. The van der Waals surface area contributed by atoms with Crippen LogP contribution in [0.1, 0.15) is 35.5 Å².